The molecule has 0 spiro atoms. The Labute approximate surface area is 124 Å². The van der Waals surface area contributed by atoms with Crippen molar-refractivity contribution in [3.05, 3.63) is 35.9 Å². The van der Waals surface area contributed by atoms with E-state index < -0.39 is 10.0 Å². The van der Waals surface area contributed by atoms with Gasteiger partial charge in [-0.05, 0) is 38.8 Å². The molecular formula is C14H20N4O2S. The van der Waals surface area contributed by atoms with Gasteiger partial charge in [-0.15, -0.1) is 0 Å². The number of hydrogen-bond donors (Lipinski definition) is 1. The summed E-state index contributed by atoms with van der Waals surface area (Å²) in [5, 5.41) is 6.75. The number of rotatable bonds is 3. The number of sulfonamides is 1. The van der Waals surface area contributed by atoms with Gasteiger partial charge in [-0.1, -0.05) is 0 Å². The molecule has 1 N–H and O–H groups in total. The minimum Gasteiger partial charge on any atom is -0.351 e. The summed E-state index contributed by atoms with van der Waals surface area (Å²) in [5.41, 5.74) is 1.15. The summed E-state index contributed by atoms with van der Waals surface area (Å²) in [5.74, 6) is 0. The van der Waals surface area contributed by atoms with E-state index in [1.54, 1.807) is 18.2 Å². The van der Waals surface area contributed by atoms with E-state index in [0.717, 1.165) is 12.8 Å². The van der Waals surface area contributed by atoms with Crippen molar-refractivity contribution in [2.24, 2.45) is 0 Å². The molecule has 0 bridgehead atoms. The van der Waals surface area contributed by atoms with Crippen LogP contribution in [0, 0.1) is 13.8 Å². The second-order valence-corrected chi connectivity index (χ2v) is 7.40. The largest absolute Gasteiger partial charge is 0.351 e. The highest BCUT2D eigenvalue weighted by molar-refractivity contribution is 7.89. The van der Waals surface area contributed by atoms with E-state index in [2.05, 4.69) is 14.8 Å². The zero-order valence-electron chi connectivity index (χ0n) is 12.3. The zero-order valence-corrected chi connectivity index (χ0v) is 13.1. The maximum atomic E-state index is 12.7. The highest BCUT2D eigenvalue weighted by Gasteiger charge is 2.32. The first-order chi connectivity index (χ1) is 10.00. The number of aryl methyl sites for hydroxylation is 2. The lowest BCUT2D eigenvalue weighted by molar-refractivity contribution is 0.274. The third-order valence-electron chi connectivity index (χ3n) is 4.13. The average molecular weight is 308 g/mol. The average Bonchev–Trinajstić information content (AvgIpc) is 3.09. The molecule has 0 aromatic carbocycles. The van der Waals surface area contributed by atoms with E-state index in [1.807, 2.05) is 24.5 Å². The Morgan fingerprint density at radius 1 is 1.19 bits per heavy atom. The van der Waals surface area contributed by atoms with Crippen LogP contribution in [0.15, 0.2) is 29.4 Å². The molecule has 1 aliphatic rings. The Morgan fingerprint density at radius 3 is 2.33 bits per heavy atom. The molecule has 3 heterocycles. The molecule has 2 aromatic rings. The summed E-state index contributed by atoms with van der Waals surface area (Å²) in [6, 6.07) is 4.39. The van der Waals surface area contributed by atoms with Crippen molar-refractivity contribution in [2.75, 3.05) is 13.1 Å². The second-order valence-electron chi connectivity index (χ2n) is 5.53. The highest BCUT2D eigenvalue weighted by atomic mass is 32.2. The van der Waals surface area contributed by atoms with Crippen molar-refractivity contribution in [3.63, 3.8) is 0 Å². The van der Waals surface area contributed by atoms with Gasteiger partial charge < -0.3 is 4.57 Å². The van der Waals surface area contributed by atoms with E-state index in [4.69, 9.17) is 0 Å². The lowest BCUT2D eigenvalue weighted by Gasteiger charge is -2.32. The number of H-pyrrole nitrogens is 1. The predicted molar refractivity (Wildman–Crippen MR) is 79.5 cm³/mol. The molecule has 1 saturated heterocycles. The van der Waals surface area contributed by atoms with Gasteiger partial charge >= 0.3 is 0 Å². The summed E-state index contributed by atoms with van der Waals surface area (Å²) < 4.78 is 29.2. The molecule has 3 rings (SSSR count). The van der Waals surface area contributed by atoms with Crippen LogP contribution in [0.5, 0.6) is 0 Å². The SMILES string of the molecule is Cc1n[nH]c(C)c1S(=O)(=O)N1CCC(n2cccc2)CC1. The normalized spacial score (nSPS) is 18.2. The highest BCUT2D eigenvalue weighted by Crippen LogP contribution is 2.28. The van der Waals surface area contributed by atoms with Gasteiger partial charge in [0.25, 0.3) is 0 Å². The van der Waals surface area contributed by atoms with Crippen LogP contribution in [0.3, 0.4) is 0 Å². The van der Waals surface area contributed by atoms with Crippen molar-refractivity contribution < 1.29 is 8.42 Å². The van der Waals surface area contributed by atoms with Crippen LogP contribution in [0.25, 0.3) is 0 Å². The van der Waals surface area contributed by atoms with Crippen LogP contribution in [-0.2, 0) is 10.0 Å². The molecule has 21 heavy (non-hydrogen) atoms. The van der Waals surface area contributed by atoms with Gasteiger partial charge in [0.05, 0.1) is 11.4 Å². The monoisotopic (exact) mass is 308 g/mol. The van der Waals surface area contributed by atoms with Crippen molar-refractivity contribution >= 4 is 10.0 Å². The molecular weight excluding hydrogens is 288 g/mol. The molecule has 0 saturated carbocycles. The molecule has 7 heteroatoms. The Kier molecular flexibility index (Phi) is 3.62. The first kappa shape index (κ1) is 14.3. The number of aromatic amines is 1. The lowest BCUT2D eigenvalue weighted by atomic mass is 10.1. The van der Waals surface area contributed by atoms with Crippen LogP contribution in [0.4, 0.5) is 0 Å². The fourth-order valence-corrected chi connectivity index (χ4v) is 4.82. The number of nitrogens with one attached hydrogen (secondary N) is 1. The maximum Gasteiger partial charge on any atom is 0.246 e. The molecule has 0 atom stereocenters. The standard InChI is InChI=1S/C14H20N4O2S/c1-11-14(12(2)16-15-11)21(19,20)18-9-5-13(6-10-18)17-7-3-4-8-17/h3-4,7-8,13H,5-6,9-10H2,1-2H3,(H,15,16). The van der Waals surface area contributed by atoms with Crippen LogP contribution >= 0.6 is 0 Å². The fraction of sp³-hybridized carbons (Fsp3) is 0.500. The summed E-state index contributed by atoms with van der Waals surface area (Å²) in [6.45, 7) is 4.58. The fourth-order valence-electron chi connectivity index (χ4n) is 3.02. The maximum absolute atomic E-state index is 12.7. The molecule has 0 amide bonds. The number of piperidine rings is 1. The van der Waals surface area contributed by atoms with Crippen LogP contribution in [0.1, 0.15) is 30.3 Å². The van der Waals surface area contributed by atoms with E-state index >= 15 is 0 Å². The smallest absolute Gasteiger partial charge is 0.246 e. The van der Waals surface area contributed by atoms with Crippen molar-refractivity contribution in [2.45, 2.75) is 37.6 Å². The topological polar surface area (TPSA) is 71.0 Å². The summed E-state index contributed by atoms with van der Waals surface area (Å²) in [7, 11) is -3.44. The van der Waals surface area contributed by atoms with Crippen LogP contribution < -0.4 is 0 Å². The number of aromatic nitrogens is 3. The molecule has 0 unspecified atom stereocenters. The van der Waals surface area contributed by atoms with Crippen molar-refractivity contribution in [1.82, 2.24) is 19.1 Å². The number of nitrogens with zero attached hydrogens (tertiary/aromatic N) is 3. The molecule has 1 aliphatic heterocycles. The quantitative estimate of drug-likeness (QED) is 0.940. The van der Waals surface area contributed by atoms with Gasteiger partial charge in [0.1, 0.15) is 4.90 Å². The van der Waals surface area contributed by atoms with Gasteiger partial charge in [0.15, 0.2) is 0 Å². The Morgan fingerprint density at radius 2 is 1.81 bits per heavy atom. The molecule has 2 aromatic heterocycles. The predicted octanol–water partition coefficient (Wildman–Crippen LogP) is 1.85. The minimum absolute atomic E-state index is 0.335. The van der Waals surface area contributed by atoms with E-state index in [0.29, 0.717) is 35.4 Å². The molecule has 1 fully saturated rings. The third kappa shape index (κ3) is 2.51. The van der Waals surface area contributed by atoms with E-state index in [9.17, 15) is 8.42 Å². The molecule has 6 nitrogen and oxygen atoms in total. The lowest BCUT2D eigenvalue weighted by Crippen LogP contribution is -2.39. The summed E-state index contributed by atoms with van der Waals surface area (Å²) in [6.07, 6.45) is 5.76. The summed E-state index contributed by atoms with van der Waals surface area (Å²) >= 11 is 0. The number of hydrogen-bond acceptors (Lipinski definition) is 3. The van der Waals surface area contributed by atoms with E-state index in [1.165, 1.54) is 0 Å². The van der Waals surface area contributed by atoms with Crippen molar-refractivity contribution in [3.8, 4) is 0 Å². The third-order valence-corrected chi connectivity index (χ3v) is 6.29. The Balaban J connectivity index is 1.77. The molecule has 0 aliphatic carbocycles. The minimum atomic E-state index is -3.44. The van der Waals surface area contributed by atoms with Gasteiger partial charge in [0.2, 0.25) is 10.0 Å². The first-order valence-corrected chi connectivity index (χ1v) is 8.58. The Bertz CT molecular complexity index is 691. The van der Waals surface area contributed by atoms with Gasteiger partial charge in [0, 0.05) is 31.5 Å². The van der Waals surface area contributed by atoms with Gasteiger partial charge in [-0.3, -0.25) is 5.10 Å². The zero-order chi connectivity index (χ0) is 15.0. The van der Waals surface area contributed by atoms with Crippen molar-refractivity contribution in [1.29, 1.82) is 0 Å². The van der Waals surface area contributed by atoms with E-state index in [-0.39, 0.29) is 0 Å². The second kappa shape index (κ2) is 5.31. The van der Waals surface area contributed by atoms with Crippen LogP contribution in [0.2, 0.25) is 0 Å². The van der Waals surface area contributed by atoms with Crippen LogP contribution in [-0.4, -0.2) is 40.6 Å². The molecule has 114 valence electrons. The summed E-state index contributed by atoms with van der Waals surface area (Å²) in [4.78, 5) is 0.335. The first-order valence-electron chi connectivity index (χ1n) is 7.14. The van der Waals surface area contributed by atoms with Gasteiger partial charge in [-0.2, -0.15) is 9.40 Å². The Hall–Kier alpha value is -1.60. The molecule has 0 radical (unpaired) electrons. The van der Waals surface area contributed by atoms with Gasteiger partial charge in [-0.25, -0.2) is 8.42 Å².